The average Bonchev–Trinajstić information content (AvgIpc) is 2.93. The molecule has 1 saturated heterocycles. The average molecular weight is 357 g/mol. The molecule has 3 heterocycles. The number of pyridine rings is 2. The largest absolute Gasteiger partial charge is 0.383 e. The van der Waals surface area contributed by atoms with E-state index in [9.17, 15) is 9.59 Å². The summed E-state index contributed by atoms with van der Waals surface area (Å²) in [5.41, 5.74) is 6.50. The minimum Gasteiger partial charge on any atom is -0.383 e. The van der Waals surface area contributed by atoms with Crippen molar-refractivity contribution in [2.24, 2.45) is 0 Å². The van der Waals surface area contributed by atoms with Gasteiger partial charge in [0.2, 0.25) is 11.7 Å². The first-order valence-electron chi connectivity index (χ1n) is 8.85. The van der Waals surface area contributed by atoms with Gasteiger partial charge in [0.25, 0.3) is 0 Å². The van der Waals surface area contributed by atoms with Gasteiger partial charge in [-0.05, 0) is 30.7 Å². The SMILES string of the molecule is CCC(=O)N1CCCN(c2cccc(C(=O)c3cccnc3N)n2)CC1.[HH].[HH]. The molecule has 7 nitrogen and oxygen atoms in total. The number of rotatable bonds is 4. The Morgan fingerprint density at radius 2 is 2.00 bits per heavy atom. The second kappa shape index (κ2) is 7.95. The molecule has 2 aromatic rings. The number of ketones is 1. The lowest BCUT2D eigenvalue weighted by molar-refractivity contribution is -0.130. The van der Waals surface area contributed by atoms with E-state index in [0.29, 0.717) is 30.8 Å². The highest BCUT2D eigenvalue weighted by Crippen LogP contribution is 2.18. The van der Waals surface area contributed by atoms with Crippen LogP contribution in [0.2, 0.25) is 0 Å². The van der Waals surface area contributed by atoms with Crippen LogP contribution in [0.5, 0.6) is 0 Å². The van der Waals surface area contributed by atoms with Gasteiger partial charge < -0.3 is 15.5 Å². The minimum absolute atomic E-state index is 0. The second-order valence-corrected chi connectivity index (χ2v) is 6.22. The first kappa shape index (κ1) is 17.8. The quantitative estimate of drug-likeness (QED) is 0.844. The van der Waals surface area contributed by atoms with Crippen LogP contribution < -0.4 is 10.6 Å². The highest BCUT2D eigenvalue weighted by molar-refractivity contribution is 6.10. The van der Waals surface area contributed by atoms with E-state index in [2.05, 4.69) is 14.9 Å². The number of hydrogen-bond donors (Lipinski definition) is 1. The van der Waals surface area contributed by atoms with Gasteiger partial charge in [0, 0.05) is 41.6 Å². The lowest BCUT2D eigenvalue weighted by Crippen LogP contribution is -2.35. The van der Waals surface area contributed by atoms with Gasteiger partial charge in [-0.25, -0.2) is 9.97 Å². The van der Waals surface area contributed by atoms with Crippen molar-refractivity contribution in [1.29, 1.82) is 0 Å². The molecule has 1 amide bonds. The molecule has 0 aliphatic carbocycles. The van der Waals surface area contributed by atoms with E-state index in [-0.39, 0.29) is 20.4 Å². The summed E-state index contributed by atoms with van der Waals surface area (Å²) in [5, 5.41) is 0. The second-order valence-electron chi connectivity index (χ2n) is 6.22. The van der Waals surface area contributed by atoms with Gasteiger partial charge in [0.1, 0.15) is 17.3 Å². The summed E-state index contributed by atoms with van der Waals surface area (Å²) in [6.45, 7) is 4.81. The fourth-order valence-electron chi connectivity index (χ4n) is 3.09. The Labute approximate surface area is 155 Å². The molecule has 3 rings (SSSR count). The number of amides is 1. The van der Waals surface area contributed by atoms with Crippen molar-refractivity contribution in [3.63, 3.8) is 0 Å². The van der Waals surface area contributed by atoms with E-state index < -0.39 is 0 Å². The molecule has 1 aliphatic heterocycles. The molecule has 1 fully saturated rings. The van der Waals surface area contributed by atoms with Crippen molar-refractivity contribution in [2.45, 2.75) is 19.8 Å². The summed E-state index contributed by atoms with van der Waals surface area (Å²) >= 11 is 0. The monoisotopic (exact) mass is 357 g/mol. The van der Waals surface area contributed by atoms with Crippen molar-refractivity contribution in [2.75, 3.05) is 36.8 Å². The number of carbonyl (C=O) groups excluding carboxylic acids is 2. The lowest BCUT2D eigenvalue weighted by Gasteiger charge is -2.23. The van der Waals surface area contributed by atoms with Gasteiger partial charge in [0.05, 0.1) is 5.56 Å². The van der Waals surface area contributed by atoms with Crippen molar-refractivity contribution < 1.29 is 12.4 Å². The zero-order chi connectivity index (χ0) is 18.5. The Kier molecular flexibility index (Phi) is 5.46. The Hall–Kier alpha value is -2.96. The molecular formula is C19H27N5O2. The van der Waals surface area contributed by atoms with Crippen LogP contribution in [-0.4, -0.2) is 52.7 Å². The van der Waals surface area contributed by atoms with E-state index in [1.807, 2.05) is 24.0 Å². The predicted octanol–water partition coefficient (Wildman–Crippen LogP) is 2.23. The number of nitrogens with two attached hydrogens (primary N) is 1. The van der Waals surface area contributed by atoms with E-state index in [0.717, 1.165) is 25.3 Å². The number of aromatic nitrogens is 2. The molecule has 0 radical (unpaired) electrons. The molecule has 0 aromatic carbocycles. The van der Waals surface area contributed by atoms with Gasteiger partial charge in [-0.2, -0.15) is 0 Å². The smallest absolute Gasteiger partial charge is 0.222 e. The maximum atomic E-state index is 12.7. The molecule has 0 saturated carbocycles. The number of hydrogen-bond acceptors (Lipinski definition) is 6. The lowest BCUT2D eigenvalue weighted by atomic mass is 10.1. The van der Waals surface area contributed by atoms with Crippen molar-refractivity contribution in [1.82, 2.24) is 14.9 Å². The van der Waals surface area contributed by atoms with Crippen molar-refractivity contribution in [3.8, 4) is 0 Å². The number of carbonyl (C=O) groups is 2. The fourth-order valence-corrected chi connectivity index (χ4v) is 3.09. The van der Waals surface area contributed by atoms with Gasteiger partial charge in [-0.1, -0.05) is 13.0 Å². The molecule has 0 atom stereocenters. The normalized spacial score (nSPS) is 14.8. The number of anilines is 2. The molecule has 0 unspecified atom stereocenters. The fraction of sp³-hybridized carbons (Fsp3) is 0.368. The molecule has 1 aliphatic rings. The topological polar surface area (TPSA) is 92.4 Å². The van der Waals surface area contributed by atoms with E-state index >= 15 is 0 Å². The molecule has 0 bridgehead atoms. The minimum atomic E-state index is -0.241. The third-order valence-corrected chi connectivity index (χ3v) is 4.53. The Morgan fingerprint density at radius 3 is 2.77 bits per heavy atom. The van der Waals surface area contributed by atoms with Gasteiger partial charge in [-0.3, -0.25) is 9.59 Å². The standard InChI is InChI=1S/C19H23N5O2.2H2/c1-2-17(25)24-11-5-10-23(12-13-24)16-8-3-7-15(22-16)18(26)14-6-4-9-21-19(14)20;;/h3-4,6-9H,2,5,10-13H2,1H3,(H2,20,21);2*1H. The van der Waals surface area contributed by atoms with E-state index in [1.54, 1.807) is 24.4 Å². The third-order valence-electron chi connectivity index (χ3n) is 4.53. The van der Waals surface area contributed by atoms with Crippen LogP contribution in [0.15, 0.2) is 36.5 Å². The molecule has 2 aromatic heterocycles. The van der Waals surface area contributed by atoms with Crippen LogP contribution in [-0.2, 0) is 4.79 Å². The van der Waals surface area contributed by atoms with Crippen LogP contribution in [0.3, 0.4) is 0 Å². The molecule has 2 N–H and O–H groups in total. The first-order chi connectivity index (χ1) is 12.6. The van der Waals surface area contributed by atoms with Crippen LogP contribution in [0, 0.1) is 0 Å². The maximum Gasteiger partial charge on any atom is 0.222 e. The third kappa shape index (κ3) is 3.82. The summed E-state index contributed by atoms with van der Waals surface area (Å²) in [6.07, 6.45) is 2.95. The van der Waals surface area contributed by atoms with Crippen LogP contribution in [0.1, 0.15) is 38.7 Å². The van der Waals surface area contributed by atoms with Crippen molar-refractivity contribution in [3.05, 3.63) is 47.8 Å². The zero-order valence-corrected chi connectivity index (χ0v) is 14.9. The van der Waals surface area contributed by atoms with E-state index in [1.165, 1.54) is 0 Å². The highest BCUT2D eigenvalue weighted by atomic mass is 16.2. The van der Waals surface area contributed by atoms with Crippen LogP contribution in [0.25, 0.3) is 0 Å². The molecule has 140 valence electrons. The number of nitrogens with zero attached hydrogens (tertiary/aromatic N) is 4. The van der Waals surface area contributed by atoms with E-state index in [4.69, 9.17) is 5.73 Å². The van der Waals surface area contributed by atoms with Crippen LogP contribution in [0.4, 0.5) is 11.6 Å². The summed E-state index contributed by atoms with van der Waals surface area (Å²) < 4.78 is 0. The molecular weight excluding hydrogens is 330 g/mol. The summed E-state index contributed by atoms with van der Waals surface area (Å²) in [6, 6.07) is 8.73. The molecule has 0 spiro atoms. The van der Waals surface area contributed by atoms with Crippen LogP contribution >= 0.6 is 0 Å². The Bertz CT molecular complexity index is 818. The predicted molar refractivity (Wildman–Crippen MR) is 104 cm³/mol. The van der Waals surface area contributed by atoms with Gasteiger partial charge in [-0.15, -0.1) is 0 Å². The maximum absolute atomic E-state index is 12.7. The zero-order valence-electron chi connectivity index (χ0n) is 14.9. The Morgan fingerprint density at radius 1 is 1.15 bits per heavy atom. The van der Waals surface area contributed by atoms with Gasteiger partial charge >= 0.3 is 0 Å². The summed E-state index contributed by atoms with van der Waals surface area (Å²) in [5.74, 6) is 0.878. The summed E-state index contributed by atoms with van der Waals surface area (Å²) in [7, 11) is 0. The highest BCUT2D eigenvalue weighted by Gasteiger charge is 2.20. The Balaban J connectivity index is 0.00000196. The first-order valence-corrected chi connectivity index (χ1v) is 8.85. The van der Waals surface area contributed by atoms with Crippen molar-refractivity contribution >= 4 is 23.3 Å². The number of nitrogen functional groups attached to an aromatic ring is 1. The summed E-state index contributed by atoms with van der Waals surface area (Å²) in [4.78, 5) is 37.1. The molecule has 26 heavy (non-hydrogen) atoms. The van der Waals surface area contributed by atoms with Gasteiger partial charge in [0.15, 0.2) is 0 Å². The molecule has 7 heteroatoms.